The highest BCUT2D eigenvalue weighted by atomic mass is 32.2. The molecular weight excluding hydrogens is 404 g/mol. The Morgan fingerprint density at radius 3 is 2.63 bits per heavy atom. The minimum atomic E-state index is -0.380. The average Bonchev–Trinajstić information content (AvgIpc) is 3.11. The molecule has 3 aromatic rings. The van der Waals surface area contributed by atoms with E-state index in [-0.39, 0.29) is 17.7 Å². The first-order valence-corrected chi connectivity index (χ1v) is 10.2. The summed E-state index contributed by atoms with van der Waals surface area (Å²) >= 11 is 1.36. The number of aromatic nitrogens is 4. The van der Waals surface area contributed by atoms with Crippen molar-refractivity contribution in [2.75, 3.05) is 16.8 Å². The van der Waals surface area contributed by atoms with E-state index in [0.29, 0.717) is 35.3 Å². The predicted molar refractivity (Wildman–Crippen MR) is 116 cm³/mol. The van der Waals surface area contributed by atoms with Crippen LogP contribution >= 0.6 is 11.8 Å². The van der Waals surface area contributed by atoms with Gasteiger partial charge in [0.25, 0.3) is 0 Å². The van der Waals surface area contributed by atoms with Crippen molar-refractivity contribution < 1.29 is 9.59 Å². The lowest BCUT2D eigenvalue weighted by Gasteiger charge is -2.09. The van der Waals surface area contributed by atoms with Crippen LogP contribution in [0.3, 0.4) is 0 Å². The largest absolute Gasteiger partial charge is 0.384 e. The summed E-state index contributed by atoms with van der Waals surface area (Å²) in [5.41, 5.74) is 14.0. The molecule has 0 saturated carbocycles. The van der Waals surface area contributed by atoms with Gasteiger partial charge in [0, 0.05) is 48.4 Å². The van der Waals surface area contributed by atoms with E-state index in [1.165, 1.54) is 11.8 Å². The molecule has 30 heavy (non-hydrogen) atoms. The Bertz CT molecular complexity index is 1040. The topological polar surface area (TPSA) is 154 Å². The lowest BCUT2D eigenvalue weighted by molar-refractivity contribution is -0.115. The smallest absolute Gasteiger partial charge is 0.319 e. The third kappa shape index (κ3) is 6.21. The van der Waals surface area contributed by atoms with Crippen LogP contribution in [0.4, 0.5) is 16.3 Å². The van der Waals surface area contributed by atoms with Gasteiger partial charge in [-0.25, -0.2) is 14.8 Å². The van der Waals surface area contributed by atoms with Gasteiger partial charge in [0.05, 0.1) is 17.6 Å². The zero-order valence-electron chi connectivity index (χ0n) is 16.3. The van der Waals surface area contributed by atoms with Gasteiger partial charge in [-0.05, 0) is 24.3 Å². The Balaban J connectivity index is 1.60. The van der Waals surface area contributed by atoms with Crippen molar-refractivity contribution in [3.05, 3.63) is 54.0 Å². The molecule has 2 heterocycles. The van der Waals surface area contributed by atoms with Gasteiger partial charge >= 0.3 is 6.03 Å². The van der Waals surface area contributed by atoms with Gasteiger partial charge in [0.1, 0.15) is 5.82 Å². The number of amides is 3. The molecule has 10 nitrogen and oxygen atoms in total. The van der Waals surface area contributed by atoms with Crippen LogP contribution in [-0.4, -0.2) is 37.4 Å². The molecule has 0 aliphatic carbocycles. The number of hydrogen-bond acceptors (Lipinski definition) is 7. The second kappa shape index (κ2) is 9.74. The molecule has 0 bridgehead atoms. The lowest BCUT2D eigenvalue weighted by Crippen LogP contribution is -2.28. The summed E-state index contributed by atoms with van der Waals surface area (Å²) < 4.78 is 1.67. The van der Waals surface area contributed by atoms with Gasteiger partial charge in [-0.3, -0.25) is 9.48 Å². The fourth-order valence-electron chi connectivity index (χ4n) is 2.60. The minimum Gasteiger partial charge on any atom is -0.384 e. The third-order valence-corrected chi connectivity index (χ3v) is 4.89. The first kappa shape index (κ1) is 21.1. The zero-order valence-corrected chi connectivity index (χ0v) is 17.1. The van der Waals surface area contributed by atoms with E-state index in [9.17, 15) is 9.59 Å². The second-order valence-electron chi connectivity index (χ2n) is 6.47. The van der Waals surface area contributed by atoms with Crippen molar-refractivity contribution >= 4 is 35.2 Å². The molecule has 3 rings (SSSR count). The summed E-state index contributed by atoms with van der Waals surface area (Å²) in [4.78, 5) is 31.7. The van der Waals surface area contributed by atoms with E-state index in [1.54, 1.807) is 41.2 Å². The van der Waals surface area contributed by atoms with Crippen molar-refractivity contribution in [3.8, 4) is 11.4 Å². The van der Waals surface area contributed by atoms with Crippen LogP contribution in [0.5, 0.6) is 0 Å². The number of nitrogens with two attached hydrogens (primary N) is 2. The Kier molecular flexibility index (Phi) is 6.86. The summed E-state index contributed by atoms with van der Waals surface area (Å²) in [5.74, 6) is 1.14. The molecule has 0 spiro atoms. The summed E-state index contributed by atoms with van der Waals surface area (Å²) in [7, 11) is 1.82. The van der Waals surface area contributed by atoms with Crippen LogP contribution in [0.25, 0.3) is 11.4 Å². The number of nitrogens with one attached hydrogen (secondary N) is 2. The molecule has 0 atom stereocenters. The number of urea groups is 1. The SMILES string of the molecule is Cn1cc(CNC(=O)Nc2ccc(-c3nc(N)cc(CSCC(N)=O)n3)cc2)cn1. The van der Waals surface area contributed by atoms with Crippen LogP contribution in [0.2, 0.25) is 0 Å². The maximum atomic E-state index is 12.1. The standard InChI is InChI=1S/C19H22N8O2S/c1-27-9-12(8-23-27)7-22-19(29)25-14-4-2-13(3-5-14)18-24-15(6-16(20)26-18)10-30-11-17(21)28/h2-6,8-9H,7,10-11H2,1H3,(H2,21,28)(H2,20,24,26)(H2,22,25,29). The van der Waals surface area contributed by atoms with Crippen LogP contribution in [0.15, 0.2) is 42.7 Å². The highest BCUT2D eigenvalue weighted by Crippen LogP contribution is 2.21. The van der Waals surface area contributed by atoms with Crippen molar-refractivity contribution in [2.24, 2.45) is 12.8 Å². The van der Waals surface area contributed by atoms with Crippen LogP contribution in [0.1, 0.15) is 11.3 Å². The number of benzene rings is 1. The summed E-state index contributed by atoms with van der Waals surface area (Å²) in [6.07, 6.45) is 3.53. The number of nitrogens with zero attached hydrogens (tertiary/aromatic N) is 4. The van der Waals surface area contributed by atoms with Crippen LogP contribution in [-0.2, 0) is 24.1 Å². The number of thioether (sulfide) groups is 1. The molecule has 1 aromatic carbocycles. The monoisotopic (exact) mass is 426 g/mol. The predicted octanol–water partition coefficient (Wildman–Crippen LogP) is 1.50. The van der Waals surface area contributed by atoms with E-state index < -0.39 is 0 Å². The first-order valence-electron chi connectivity index (χ1n) is 9.01. The van der Waals surface area contributed by atoms with E-state index in [0.717, 1.165) is 11.1 Å². The quantitative estimate of drug-likeness (QED) is 0.425. The van der Waals surface area contributed by atoms with Gasteiger partial charge in [-0.2, -0.15) is 5.10 Å². The van der Waals surface area contributed by atoms with Crippen molar-refractivity contribution in [2.45, 2.75) is 12.3 Å². The summed E-state index contributed by atoms with van der Waals surface area (Å²) in [6.45, 7) is 0.380. The fraction of sp³-hybridized carbons (Fsp3) is 0.211. The highest BCUT2D eigenvalue weighted by Gasteiger charge is 2.08. The number of rotatable bonds is 8. The lowest BCUT2D eigenvalue weighted by atomic mass is 10.2. The number of carbonyl (C=O) groups is 2. The molecule has 0 aliphatic rings. The zero-order chi connectivity index (χ0) is 21.5. The van der Waals surface area contributed by atoms with Crippen LogP contribution < -0.4 is 22.1 Å². The van der Waals surface area contributed by atoms with E-state index in [1.807, 2.05) is 13.2 Å². The Morgan fingerprint density at radius 1 is 1.20 bits per heavy atom. The summed E-state index contributed by atoms with van der Waals surface area (Å²) in [5, 5.41) is 9.59. The molecule has 6 N–H and O–H groups in total. The molecule has 2 aromatic heterocycles. The van der Waals surface area contributed by atoms with Gasteiger partial charge in [-0.1, -0.05) is 0 Å². The molecule has 156 valence electrons. The van der Waals surface area contributed by atoms with Gasteiger partial charge < -0.3 is 22.1 Å². The van der Waals surface area contributed by atoms with Gasteiger partial charge in [-0.15, -0.1) is 11.8 Å². The number of carbonyl (C=O) groups excluding carboxylic acids is 2. The highest BCUT2D eigenvalue weighted by molar-refractivity contribution is 7.99. The van der Waals surface area contributed by atoms with Gasteiger partial charge in [0.15, 0.2) is 5.82 Å². The molecule has 11 heteroatoms. The maximum absolute atomic E-state index is 12.1. The molecule has 0 fully saturated rings. The number of hydrogen-bond donors (Lipinski definition) is 4. The van der Waals surface area contributed by atoms with E-state index in [4.69, 9.17) is 11.5 Å². The molecule has 3 amide bonds. The molecule has 0 saturated heterocycles. The van der Waals surface area contributed by atoms with Gasteiger partial charge in [0.2, 0.25) is 5.91 Å². The van der Waals surface area contributed by atoms with Crippen molar-refractivity contribution in [1.29, 1.82) is 0 Å². The normalized spacial score (nSPS) is 10.6. The first-order chi connectivity index (χ1) is 14.4. The maximum Gasteiger partial charge on any atom is 0.319 e. The third-order valence-electron chi connectivity index (χ3n) is 3.91. The minimum absolute atomic E-state index is 0.211. The second-order valence-corrected chi connectivity index (χ2v) is 7.46. The number of primary amides is 1. The van der Waals surface area contributed by atoms with Crippen molar-refractivity contribution in [3.63, 3.8) is 0 Å². The Hall–Kier alpha value is -3.60. The van der Waals surface area contributed by atoms with Crippen LogP contribution in [0, 0.1) is 0 Å². The number of aryl methyl sites for hydroxylation is 1. The number of nitrogen functional groups attached to an aromatic ring is 1. The van der Waals surface area contributed by atoms with E-state index in [2.05, 4.69) is 25.7 Å². The average molecular weight is 427 g/mol. The molecule has 0 unspecified atom stereocenters. The molecule has 0 aliphatic heterocycles. The fourth-order valence-corrected chi connectivity index (χ4v) is 3.26. The Morgan fingerprint density at radius 2 is 1.97 bits per heavy atom. The molecule has 0 radical (unpaired) electrons. The Labute approximate surface area is 177 Å². The van der Waals surface area contributed by atoms with E-state index >= 15 is 0 Å². The molecular formula is C19H22N8O2S. The number of anilines is 2. The summed E-state index contributed by atoms with van der Waals surface area (Å²) in [6, 6.07) is 8.46. The van der Waals surface area contributed by atoms with Crippen molar-refractivity contribution in [1.82, 2.24) is 25.1 Å².